The van der Waals surface area contributed by atoms with Crippen LogP contribution in [0, 0.1) is 6.92 Å². The largest absolute Gasteiger partial charge is 0.451 e. The van der Waals surface area contributed by atoms with Gasteiger partial charge < -0.3 is 4.42 Å². The zero-order valence-corrected chi connectivity index (χ0v) is 6.68. The lowest BCUT2D eigenvalue weighted by Crippen LogP contribution is -2.13. The van der Waals surface area contributed by atoms with E-state index < -0.39 is 11.0 Å². The van der Waals surface area contributed by atoms with Crippen molar-refractivity contribution >= 4 is 17.4 Å². The Balaban J connectivity index is 2.76. The maximum absolute atomic E-state index is 10.9. The van der Waals surface area contributed by atoms with E-state index in [2.05, 4.69) is 4.72 Å². The van der Waals surface area contributed by atoms with Crippen molar-refractivity contribution in [3.05, 3.63) is 17.9 Å². The van der Waals surface area contributed by atoms with E-state index in [1.54, 1.807) is 19.1 Å². The molecule has 0 radical (unpaired) electrons. The van der Waals surface area contributed by atoms with Crippen LogP contribution in [-0.2, 0) is 15.8 Å². The van der Waals surface area contributed by atoms with Crippen LogP contribution in [-0.4, -0.2) is 10.6 Å². The summed E-state index contributed by atoms with van der Waals surface area (Å²) in [6.07, 6.45) is 0.369. The molecule has 0 aliphatic carbocycles. The van der Waals surface area contributed by atoms with E-state index in [0.717, 1.165) is 0 Å². The quantitative estimate of drug-likeness (QED) is 0.671. The van der Waals surface area contributed by atoms with Crippen LogP contribution in [0.2, 0.25) is 0 Å². The first-order valence-electron chi connectivity index (χ1n) is 2.92. The zero-order valence-electron chi connectivity index (χ0n) is 5.87. The molecule has 0 saturated heterocycles. The van der Waals surface area contributed by atoms with Gasteiger partial charge in [-0.3, -0.25) is 9.52 Å². The third-order valence-corrected chi connectivity index (χ3v) is 1.95. The second-order valence-corrected chi connectivity index (χ2v) is 3.05. The first-order valence-corrected chi connectivity index (χ1v) is 4.07. The van der Waals surface area contributed by atoms with Crippen molar-refractivity contribution in [3.63, 3.8) is 0 Å². The van der Waals surface area contributed by atoms with Crippen molar-refractivity contribution in [2.24, 2.45) is 0 Å². The van der Waals surface area contributed by atoms with Crippen LogP contribution in [0.25, 0.3) is 0 Å². The van der Waals surface area contributed by atoms with Gasteiger partial charge in [0, 0.05) is 0 Å². The number of aryl methyl sites for hydroxylation is 1. The van der Waals surface area contributed by atoms with Crippen molar-refractivity contribution < 1.29 is 13.4 Å². The number of rotatable bonds is 3. The molecule has 60 valence electrons. The topological polar surface area (TPSA) is 59.3 Å². The third kappa shape index (κ3) is 1.91. The van der Waals surface area contributed by atoms with E-state index in [4.69, 9.17) is 4.42 Å². The lowest BCUT2D eigenvalue weighted by molar-refractivity contribution is -0.108. The standard InChI is InChI=1S/C6H7NO3S/c1-5-2-3-6(10-5)11(9)7-4-8/h2-4H,1H3,(H,7,8). The predicted molar refractivity (Wildman–Crippen MR) is 39.1 cm³/mol. The normalized spacial score (nSPS) is 12.5. The Labute approximate surface area is 66.2 Å². The van der Waals surface area contributed by atoms with E-state index in [-0.39, 0.29) is 5.09 Å². The predicted octanol–water partition coefficient (Wildman–Crippen LogP) is 0.357. The molecule has 11 heavy (non-hydrogen) atoms. The Kier molecular flexibility index (Phi) is 2.43. The summed E-state index contributed by atoms with van der Waals surface area (Å²) in [5, 5.41) is 0.259. The van der Waals surface area contributed by atoms with Gasteiger partial charge in [-0.15, -0.1) is 0 Å². The minimum atomic E-state index is -1.55. The molecule has 1 N–H and O–H groups in total. The van der Waals surface area contributed by atoms with E-state index in [1.165, 1.54) is 0 Å². The second kappa shape index (κ2) is 3.34. The summed E-state index contributed by atoms with van der Waals surface area (Å²) in [7, 11) is -1.55. The molecule has 0 aliphatic rings. The molecule has 1 aromatic heterocycles. The van der Waals surface area contributed by atoms with Crippen molar-refractivity contribution in [3.8, 4) is 0 Å². The highest BCUT2D eigenvalue weighted by Crippen LogP contribution is 2.08. The number of carbonyl (C=O) groups excluding carboxylic acids is 1. The van der Waals surface area contributed by atoms with Crippen LogP contribution < -0.4 is 4.72 Å². The molecule has 0 spiro atoms. The molecule has 1 heterocycles. The summed E-state index contributed by atoms with van der Waals surface area (Å²) in [6.45, 7) is 1.74. The van der Waals surface area contributed by atoms with Gasteiger partial charge in [-0.2, -0.15) is 0 Å². The Hall–Kier alpha value is -1.10. The van der Waals surface area contributed by atoms with E-state index in [9.17, 15) is 9.00 Å². The molecule has 1 aromatic rings. The van der Waals surface area contributed by atoms with Crippen LogP contribution in [0.3, 0.4) is 0 Å². The number of nitrogens with one attached hydrogen (secondary N) is 1. The number of amides is 1. The molecule has 4 nitrogen and oxygen atoms in total. The molecular formula is C6H7NO3S. The van der Waals surface area contributed by atoms with Crippen molar-refractivity contribution in [2.75, 3.05) is 0 Å². The molecule has 0 aliphatic heterocycles. The molecular weight excluding hydrogens is 166 g/mol. The number of hydrogen-bond donors (Lipinski definition) is 1. The number of furan rings is 1. The van der Waals surface area contributed by atoms with Gasteiger partial charge in [-0.1, -0.05) is 0 Å². The van der Waals surface area contributed by atoms with Gasteiger partial charge >= 0.3 is 0 Å². The van der Waals surface area contributed by atoms with Gasteiger partial charge in [-0.05, 0) is 19.1 Å². The van der Waals surface area contributed by atoms with E-state index >= 15 is 0 Å². The molecule has 0 saturated carbocycles. The van der Waals surface area contributed by atoms with Crippen molar-refractivity contribution in [1.82, 2.24) is 4.72 Å². The molecule has 0 aromatic carbocycles. The highest BCUT2D eigenvalue weighted by molar-refractivity contribution is 7.83. The second-order valence-electron chi connectivity index (χ2n) is 1.87. The first-order chi connectivity index (χ1) is 5.24. The summed E-state index contributed by atoms with van der Waals surface area (Å²) >= 11 is 0. The van der Waals surface area contributed by atoms with Gasteiger partial charge in [0.1, 0.15) is 5.76 Å². The van der Waals surface area contributed by atoms with Crippen molar-refractivity contribution in [1.29, 1.82) is 0 Å². The molecule has 1 unspecified atom stereocenters. The van der Waals surface area contributed by atoms with Crippen LogP contribution >= 0.6 is 0 Å². The van der Waals surface area contributed by atoms with Gasteiger partial charge in [0.2, 0.25) is 11.5 Å². The number of carbonyl (C=O) groups is 1. The van der Waals surface area contributed by atoms with Crippen molar-refractivity contribution in [2.45, 2.75) is 12.0 Å². The minimum Gasteiger partial charge on any atom is -0.451 e. The summed E-state index contributed by atoms with van der Waals surface area (Å²) in [5.74, 6) is 0.668. The molecule has 1 atom stereocenters. The Morgan fingerprint density at radius 3 is 2.82 bits per heavy atom. The van der Waals surface area contributed by atoms with Gasteiger partial charge in [0.15, 0.2) is 11.0 Å². The zero-order chi connectivity index (χ0) is 8.27. The lowest BCUT2D eigenvalue weighted by atomic mass is 10.5. The van der Waals surface area contributed by atoms with Gasteiger partial charge in [-0.25, -0.2) is 4.21 Å². The molecule has 0 bridgehead atoms. The Bertz CT molecular complexity index is 281. The van der Waals surface area contributed by atoms with Crippen LogP contribution in [0.1, 0.15) is 5.76 Å². The van der Waals surface area contributed by atoms with E-state index in [0.29, 0.717) is 12.2 Å². The summed E-state index contributed by atoms with van der Waals surface area (Å²) in [6, 6.07) is 3.24. The fourth-order valence-electron chi connectivity index (χ4n) is 0.614. The maximum atomic E-state index is 10.9. The number of hydrogen-bond acceptors (Lipinski definition) is 3. The maximum Gasteiger partial charge on any atom is 0.219 e. The molecule has 1 rings (SSSR count). The average Bonchev–Trinajstić information content (AvgIpc) is 2.36. The molecule has 0 fully saturated rings. The highest BCUT2D eigenvalue weighted by atomic mass is 32.2. The van der Waals surface area contributed by atoms with Crippen LogP contribution in [0.15, 0.2) is 21.6 Å². The molecule has 1 amide bonds. The fourth-order valence-corrected chi connectivity index (χ4v) is 1.22. The summed E-state index contributed by atoms with van der Waals surface area (Å²) in [4.78, 5) is 9.85. The van der Waals surface area contributed by atoms with Gasteiger partial charge in [0.05, 0.1) is 0 Å². The Morgan fingerprint density at radius 1 is 1.64 bits per heavy atom. The summed E-state index contributed by atoms with van der Waals surface area (Å²) < 4.78 is 18.0. The Morgan fingerprint density at radius 2 is 2.36 bits per heavy atom. The van der Waals surface area contributed by atoms with Gasteiger partial charge in [0.25, 0.3) is 0 Å². The first kappa shape index (κ1) is 8.00. The lowest BCUT2D eigenvalue weighted by Gasteiger charge is -1.91. The van der Waals surface area contributed by atoms with Crippen LogP contribution in [0.4, 0.5) is 0 Å². The monoisotopic (exact) mass is 173 g/mol. The minimum absolute atomic E-state index is 0.259. The molecule has 5 heteroatoms. The third-order valence-electron chi connectivity index (χ3n) is 1.05. The highest BCUT2D eigenvalue weighted by Gasteiger charge is 2.05. The smallest absolute Gasteiger partial charge is 0.219 e. The fraction of sp³-hybridized carbons (Fsp3) is 0.167. The average molecular weight is 173 g/mol. The SMILES string of the molecule is Cc1ccc(S(=O)NC=O)o1. The van der Waals surface area contributed by atoms with E-state index in [1.807, 2.05) is 0 Å². The summed E-state index contributed by atoms with van der Waals surface area (Å²) in [5.41, 5.74) is 0. The van der Waals surface area contributed by atoms with Crippen LogP contribution in [0.5, 0.6) is 0 Å².